The smallest absolute Gasteiger partial charge is 0.164 e. The van der Waals surface area contributed by atoms with E-state index in [1.165, 1.54) is 50.1 Å². The Hall–Kier alpha value is -8.79. The number of hydrogen-bond acceptors (Lipinski definition) is 3. The van der Waals surface area contributed by atoms with Crippen LogP contribution in [0.15, 0.2) is 249 Å². The van der Waals surface area contributed by atoms with Gasteiger partial charge in [-0.05, 0) is 119 Å². The highest BCUT2D eigenvalue weighted by atomic mass is 15.0. The van der Waals surface area contributed by atoms with Crippen LogP contribution >= 0.6 is 0 Å². The van der Waals surface area contributed by atoms with E-state index in [0.717, 1.165) is 55.6 Å². The summed E-state index contributed by atoms with van der Waals surface area (Å²) in [7, 11) is 0. The highest BCUT2D eigenvalue weighted by Gasteiger charge is 2.51. The lowest BCUT2D eigenvalue weighted by atomic mass is 9.70. The lowest BCUT2D eigenvalue weighted by molar-refractivity contribution is 0.794. The maximum absolute atomic E-state index is 5.21. The number of fused-ring (bicyclic) bond motifs is 10. The summed E-state index contributed by atoms with van der Waals surface area (Å²) in [6, 6.07) is 89.4. The Balaban J connectivity index is 0.913. The van der Waals surface area contributed by atoms with Crippen LogP contribution in [0.2, 0.25) is 0 Å². The summed E-state index contributed by atoms with van der Waals surface area (Å²) in [4.78, 5) is 15.6. The van der Waals surface area contributed by atoms with Crippen LogP contribution in [0.1, 0.15) is 22.3 Å². The summed E-state index contributed by atoms with van der Waals surface area (Å²) in [5.41, 5.74) is 22.0. The molecule has 3 heteroatoms. The molecule has 13 rings (SSSR count). The van der Waals surface area contributed by atoms with E-state index in [-0.39, 0.29) is 0 Å². The van der Waals surface area contributed by atoms with Crippen LogP contribution in [-0.2, 0) is 5.41 Å². The second kappa shape index (κ2) is 15.7. The van der Waals surface area contributed by atoms with Gasteiger partial charge in [0.25, 0.3) is 0 Å². The van der Waals surface area contributed by atoms with Gasteiger partial charge in [0.2, 0.25) is 0 Å². The van der Waals surface area contributed by atoms with E-state index in [9.17, 15) is 0 Å². The zero-order valence-electron chi connectivity index (χ0n) is 36.5. The first-order chi connectivity index (χ1) is 33.2. The van der Waals surface area contributed by atoms with Crippen molar-refractivity contribution in [3.63, 3.8) is 0 Å². The first-order valence-corrected chi connectivity index (χ1v) is 22.9. The van der Waals surface area contributed by atoms with Crippen molar-refractivity contribution in [3.8, 4) is 101 Å². The SMILES string of the molecule is c1ccc(-c2cccc(-c3nc(-c4cccc(-c5ccccc5)c4)nc(-c4cccc(-c5cccc(-c6ccc7c(c6)C6(c8ccccc8-c8ccccc86)c6ccccc6-7)c5)c4)n3)c2)cc1. The maximum atomic E-state index is 5.21. The molecule has 0 radical (unpaired) electrons. The minimum atomic E-state index is -0.394. The van der Waals surface area contributed by atoms with Gasteiger partial charge in [0.1, 0.15) is 0 Å². The van der Waals surface area contributed by atoms with Gasteiger partial charge >= 0.3 is 0 Å². The highest BCUT2D eigenvalue weighted by Crippen LogP contribution is 2.63. The fourth-order valence-corrected chi connectivity index (χ4v) is 10.7. The quantitative estimate of drug-likeness (QED) is 0.160. The van der Waals surface area contributed by atoms with Gasteiger partial charge in [0, 0.05) is 16.7 Å². The van der Waals surface area contributed by atoms with Gasteiger partial charge in [-0.25, -0.2) is 15.0 Å². The molecule has 1 spiro atoms. The summed E-state index contributed by atoms with van der Waals surface area (Å²) in [5, 5.41) is 0. The number of nitrogens with zero attached hydrogens (tertiary/aromatic N) is 3. The third kappa shape index (κ3) is 6.39. The molecule has 0 fully saturated rings. The van der Waals surface area contributed by atoms with E-state index in [0.29, 0.717) is 17.5 Å². The summed E-state index contributed by atoms with van der Waals surface area (Å²) in [6.45, 7) is 0. The molecule has 312 valence electrons. The molecule has 0 aliphatic heterocycles. The Labute approximate surface area is 390 Å². The van der Waals surface area contributed by atoms with Gasteiger partial charge in [0.15, 0.2) is 17.5 Å². The van der Waals surface area contributed by atoms with Gasteiger partial charge in [-0.15, -0.1) is 0 Å². The van der Waals surface area contributed by atoms with Crippen molar-refractivity contribution in [3.05, 3.63) is 271 Å². The van der Waals surface area contributed by atoms with E-state index in [2.05, 4.69) is 237 Å². The van der Waals surface area contributed by atoms with Crippen LogP contribution < -0.4 is 0 Å². The van der Waals surface area contributed by atoms with E-state index in [1.54, 1.807) is 0 Å². The zero-order valence-corrected chi connectivity index (χ0v) is 36.5. The van der Waals surface area contributed by atoms with Crippen LogP contribution in [0, 0.1) is 0 Å². The summed E-state index contributed by atoms with van der Waals surface area (Å²) in [5.74, 6) is 1.87. The predicted octanol–water partition coefficient (Wildman–Crippen LogP) is 15.9. The van der Waals surface area contributed by atoms with Gasteiger partial charge in [0.05, 0.1) is 5.41 Å². The summed E-state index contributed by atoms with van der Waals surface area (Å²) >= 11 is 0. The third-order valence-electron chi connectivity index (χ3n) is 13.7. The van der Waals surface area contributed by atoms with Crippen LogP contribution in [-0.4, -0.2) is 15.0 Å². The minimum absolute atomic E-state index is 0.394. The fourth-order valence-electron chi connectivity index (χ4n) is 10.7. The van der Waals surface area contributed by atoms with Gasteiger partial charge < -0.3 is 0 Å². The average molecular weight is 852 g/mol. The summed E-state index contributed by atoms with van der Waals surface area (Å²) < 4.78 is 0. The second-order valence-corrected chi connectivity index (χ2v) is 17.5. The van der Waals surface area contributed by atoms with E-state index < -0.39 is 5.41 Å². The van der Waals surface area contributed by atoms with E-state index in [4.69, 9.17) is 15.0 Å². The molecule has 0 unspecified atom stereocenters. The molecule has 11 aromatic rings. The molecule has 2 aliphatic rings. The fraction of sp³-hybridized carbons (Fsp3) is 0.0156. The van der Waals surface area contributed by atoms with Crippen molar-refractivity contribution in [2.24, 2.45) is 0 Å². The molecule has 1 heterocycles. The lowest BCUT2D eigenvalue weighted by Crippen LogP contribution is -2.25. The van der Waals surface area contributed by atoms with Gasteiger partial charge in [-0.2, -0.15) is 0 Å². The molecule has 67 heavy (non-hydrogen) atoms. The number of aromatic nitrogens is 3. The Kier molecular flexibility index (Phi) is 9.07. The third-order valence-corrected chi connectivity index (χ3v) is 13.7. The first kappa shape index (κ1) is 38.6. The Morgan fingerprint density at radius 1 is 0.194 bits per heavy atom. The van der Waals surface area contributed by atoms with Crippen LogP contribution in [0.25, 0.3) is 101 Å². The van der Waals surface area contributed by atoms with E-state index in [1.807, 2.05) is 12.1 Å². The molecule has 3 nitrogen and oxygen atoms in total. The van der Waals surface area contributed by atoms with Crippen LogP contribution in [0.3, 0.4) is 0 Å². The topological polar surface area (TPSA) is 38.7 Å². The maximum Gasteiger partial charge on any atom is 0.164 e. The van der Waals surface area contributed by atoms with Gasteiger partial charge in [-0.1, -0.05) is 218 Å². The molecule has 1 aromatic heterocycles. The summed E-state index contributed by atoms with van der Waals surface area (Å²) in [6.07, 6.45) is 0. The van der Waals surface area contributed by atoms with Crippen LogP contribution in [0.4, 0.5) is 0 Å². The highest BCUT2D eigenvalue weighted by molar-refractivity contribution is 5.96. The Morgan fingerprint density at radius 2 is 0.478 bits per heavy atom. The molecule has 0 saturated carbocycles. The molecule has 0 N–H and O–H groups in total. The van der Waals surface area contributed by atoms with Crippen molar-refractivity contribution in [1.29, 1.82) is 0 Å². The van der Waals surface area contributed by atoms with Crippen molar-refractivity contribution >= 4 is 0 Å². The Morgan fingerprint density at radius 3 is 0.881 bits per heavy atom. The van der Waals surface area contributed by atoms with Crippen LogP contribution in [0.5, 0.6) is 0 Å². The molecule has 0 bridgehead atoms. The molecule has 0 saturated heterocycles. The minimum Gasteiger partial charge on any atom is -0.208 e. The first-order valence-electron chi connectivity index (χ1n) is 22.9. The molecular formula is C64H41N3. The van der Waals surface area contributed by atoms with Crippen molar-refractivity contribution in [1.82, 2.24) is 15.0 Å². The van der Waals surface area contributed by atoms with Crippen molar-refractivity contribution in [2.45, 2.75) is 5.41 Å². The number of hydrogen-bond donors (Lipinski definition) is 0. The number of rotatable bonds is 7. The van der Waals surface area contributed by atoms with Crippen molar-refractivity contribution < 1.29 is 0 Å². The largest absolute Gasteiger partial charge is 0.208 e. The standard InChI is InChI=1S/C64H41N3/c1-3-17-42(18-4-1)44-21-14-26-50(38-44)61-65-62(51-27-15-22-45(39-51)43-19-5-2-6-20-43)67-63(66-61)52-28-16-25-48(40-52)46-23-13-24-47(37-46)49-35-36-56-55-31-9-12-34-59(55)64(60(56)41-49)57-32-10-7-29-53(57)54-30-8-11-33-58(54)64/h1-41H. The molecule has 0 atom stereocenters. The molecule has 2 aliphatic carbocycles. The van der Waals surface area contributed by atoms with Crippen molar-refractivity contribution in [2.75, 3.05) is 0 Å². The molecule has 10 aromatic carbocycles. The normalized spacial score (nSPS) is 12.6. The lowest BCUT2D eigenvalue weighted by Gasteiger charge is -2.30. The Bertz CT molecular complexity index is 3540. The molecular weight excluding hydrogens is 811 g/mol. The van der Waals surface area contributed by atoms with Gasteiger partial charge in [-0.3, -0.25) is 0 Å². The number of benzene rings is 10. The monoisotopic (exact) mass is 851 g/mol. The average Bonchev–Trinajstić information content (AvgIpc) is 3.88. The molecule has 0 amide bonds. The zero-order chi connectivity index (χ0) is 44.3. The van der Waals surface area contributed by atoms with E-state index >= 15 is 0 Å². The predicted molar refractivity (Wildman–Crippen MR) is 274 cm³/mol. The second-order valence-electron chi connectivity index (χ2n) is 17.5.